The van der Waals surface area contributed by atoms with Gasteiger partial charge >= 0.3 is 0 Å². The second kappa shape index (κ2) is 5.03. The topological polar surface area (TPSA) is 46.0 Å². The third-order valence-electron chi connectivity index (χ3n) is 3.60. The molecule has 84 valence electrons. The molecule has 1 aliphatic carbocycles. The molecule has 1 N–H and O–H groups in total. The van der Waals surface area contributed by atoms with Gasteiger partial charge in [-0.1, -0.05) is 26.2 Å². The molecule has 0 spiro atoms. The SMILES string of the molecule is CCC1CCC(C(O)c2cnsn2)CC1. The summed E-state index contributed by atoms with van der Waals surface area (Å²) in [6.07, 6.45) is 7.38. The summed E-state index contributed by atoms with van der Waals surface area (Å²) in [4.78, 5) is 0. The fourth-order valence-corrected chi connectivity index (χ4v) is 2.91. The smallest absolute Gasteiger partial charge is 0.103 e. The maximum absolute atomic E-state index is 10.1. The average molecular weight is 226 g/mol. The van der Waals surface area contributed by atoms with Crippen molar-refractivity contribution in [2.75, 3.05) is 0 Å². The van der Waals surface area contributed by atoms with Crippen LogP contribution in [0.5, 0.6) is 0 Å². The predicted molar refractivity (Wildman–Crippen MR) is 60.6 cm³/mol. The van der Waals surface area contributed by atoms with Crippen LogP contribution >= 0.6 is 11.7 Å². The van der Waals surface area contributed by atoms with Gasteiger partial charge in [-0.2, -0.15) is 8.75 Å². The number of aromatic nitrogens is 2. The van der Waals surface area contributed by atoms with Crippen molar-refractivity contribution in [3.63, 3.8) is 0 Å². The summed E-state index contributed by atoms with van der Waals surface area (Å²) in [6.45, 7) is 2.26. The van der Waals surface area contributed by atoms with E-state index in [-0.39, 0.29) is 6.10 Å². The highest BCUT2D eigenvalue weighted by Crippen LogP contribution is 2.37. The molecule has 1 aliphatic rings. The number of nitrogens with zero attached hydrogens (tertiary/aromatic N) is 2. The number of aliphatic hydroxyl groups excluding tert-OH is 1. The lowest BCUT2D eigenvalue weighted by atomic mass is 9.78. The molecule has 1 aromatic rings. The van der Waals surface area contributed by atoms with Gasteiger partial charge in [-0.05, 0) is 24.7 Å². The van der Waals surface area contributed by atoms with E-state index in [9.17, 15) is 5.11 Å². The molecular weight excluding hydrogens is 208 g/mol. The fraction of sp³-hybridized carbons (Fsp3) is 0.818. The molecule has 0 saturated heterocycles. The normalized spacial score (nSPS) is 28.9. The van der Waals surface area contributed by atoms with Gasteiger partial charge in [0.1, 0.15) is 11.8 Å². The van der Waals surface area contributed by atoms with Crippen LogP contribution in [0.2, 0.25) is 0 Å². The van der Waals surface area contributed by atoms with Gasteiger partial charge in [-0.15, -0.1) is 0 Å². The van der Waals surface area contributed by atoms with Crippen molar-refractivity contribution in [2.24, 2.45) is 11.8 Å². The van der Waals surface area contributed by atoms with Crippen molar-refractivity contribution in [3.05, 3.63) is 11.9 Å². The zero-order valence-corrected chi connectivity index (χ0v) is 9.91. The van der Waals surface area contributed by atoms with Crippen molar-refractivity contribution < 1.29 is 5.11 Å². The first-order valence-corrected chi connectivity index (χ1v) is 6.49. The predicted octanol–water partition coefficient (Wildman–Crippen LogP) is 2.79. The minimum Gasteiger partial charge on any atom is -0.386 e. The van der Waals surface area contributed by atoms with E-state index in [4.69, 9.17) is 0 Å². The largest absolute Gasteiger partial charge is 0.386 e. The van der Waals surface area contributed by atoms with Crippen LogP contribution < -0.4 is 0 Å². The lowest BCUT2D eigenvalue weighted by Gasteiger charge is -2.30. The van der Waals surface area contributed by atoms with Crippen molar-refractivity contribution in [2.45, 2.75) is 45.1 Å². The highest BCUT2D eigenvalue weighted by molar-refractivity contribution is 6.99. The van der Waals surface area contributed by atoms with E-state index in [0.29, 0.717) is 5.92 Å². The van der Waals surface area contributed by atoms with E-state index in [1.807, 2.05) is 0 Å². The molecule has 3 nitrogen and oxygen atoms in total. The van der Waals surface area contributed by atoms with Gasteiger partial charge in [0, 0.05) is 0 Å². The van der Waals surface area contributed by atoms with Gasteiger partial charge in [0.15, 0.2) is 0 Å². The molecule has 4 heteroatoms. The van der Waals surface area contributed by atoms with Gasteiger partial charge in [0.05, 0.1) is 17.9 Å². The number of hydrogen-bond acceptors (Lipinski definition) is 4. The first kappa shape index (κ1) is 11.0. The van der Waals surface area contributed by atoms with Gasteiger partial charge in [-0.25, -0.2) is 0 Å². The summed E-state index contributed by atoms with van der Waals surface area (Å²) >= 11 is 1.18. The molecule has 1 atom stereocenters. The quantitative estimate of drug-likeness (QED) is 0.862. The fourth-order valence-electron chi connectivity index (χ4n) is 2.46. The monoisotopic (exact) mass is 226 g/mol. The summed E-state index contributed by atoms with van der Waals surface area (Å²) in [5.41, 5.74) is 0.764. The first-order valence-electron chi connectivity index (χ1n) is 5.76. The summed E-state index contributed by atoms with van der Waals surface area (Å²) in [6, 6.07) is 0. The van der Waals surface area contributed by atoms with E-state index < -0.39 is 0 Å². The minimum atomic E-state index is -0.387. The maximum Gasteiger partial charge on any atom is 0.103 e. The van der Waals surface area contributed by atoms with Gasteiger partial charge in [-0.3, -0.25) is 0 Å². The summed E-state index contributed by atoms with van der Waals surface area (Å²) in [7, 11) is 0. The van der Waals surface area contributed by atoms with Crippen LogP contribution in [-0.4, -0.2) is 13.9 Å². The lowest BCUT2D eigenvalue weighted by Crippen LogP contribution is -2.20. The van der Waals surface area contributed by atoms with Gasteiger partial charge in [0.2, 0.25) is 0 Å². The second-order valence-corrected chi connectivity index (χ2v) is 5.02. The van der Waals surface area contributed by atoms with Crippen LogP contribution in [0.15, 0.2) is 6.20 Å². The number of hydrogen-bond donors (Lipinski definition) is 1. The average Bonchev–Trinajstić information content (AvgIpc) is 2.82. The molecule has 0 radical (unpaired) electrons. The Hall–Kier alpha value is -0.480. The molecule has 1 unspecified atom stereocenters. The Kier molecular flexibility index (Phi) is 3.70. The van der Waals surface area contributed by atoms with Gasteiger partial charge in [0.25, 0.3) is 0 Å². The van der Waals surface area contributed by atoms with E-state index in [0.717, 1.165) is 24.5 Å². The highest BCUT2D eigenvalue weighted by atomic mass is 32.1. The van der Waals surface area contributed by atoms with E-state index in [2.05, 4.69) is 15.7 Å². The summed E-state index contributed by atoms with van der Waals surface area (Å²) in [5, 5.41) is 10.1. The zero-order valence-electron chi connectivity index (χ0n) is 9.09. The molecule has 0 amide bonds. The minimum absolute atomic E-state index is 0.387. The number of aliphatic hydroxyl groups is 1. The molecule has 1 heterocycles. The van der Waals surface area contributed by atoms with E-state index in [1.165, 1.54) is 31.0 Å². The van der Waals surface area contributed by atoms with Crippen molar-refractivity contribution in [1.82, 2.24) is 8.75 Å². The molecule has 15 heavy (non-hydrogen) atoms. The van der Waals surface area contributed by atoms with Crippen LogP contribution in [0.4, 0.5) is 0 Å². The Labute approximate surface area is 94.9 Å². The molecule has 2 rings (SSSR count). The Balaban J connectivity index is 1.90. The zero-order chi connectivity index (χ0) is 10.7. The van der Waals surface area contributed by atoms with Crippen LogP contribution in [0.25, 0.3) is 0 Å². The van der Waals surface area contributed by atoms with Crippen LogP contribution in [-0.2, 0) is 0 Å². The maximum atomic E-state index is 10.1. The molecule has 1 fully saturated rings. The molecule has 1 saturated carbocycles. The molecule has 1 aromatic heterocycles. The standard InChI is InChI=1S/C11H18N2OS/c1-2-8-3-5-9(6-4-8)11(14)10-7-12-15-13-10/h7-9,11,14H,2-6H2,1H3. The van der Waals surface area contributed by atoms with E-state index >= 15 is 0 Å². The van der Waals surface area contributed by atoms with E-state index in [1.54, 1.807) is 6.20 Å². The molecule has 0 aromatic carbocycles. The van der Waals surface area contributed by atoms with Crippen molar-refractivity contribution >= 4 is 11.7 Å². The van der Waals surface area contributed by atoms with Crippen molar-refractivity contribution in [1.29, 1.82) is 0 Å². The van der Waals surface area contributed by atoms with Gasteiger partial charge < -0.3 is 5.11 Å². The Morgan fingerprint density at radius 2 is 2.20 bits per heavy atom. The first-order chi connectivity index (χ1) is 7.31. The summed E-state index contributed by atoms with van der Waals surface area (Å²) in [5.74, 6) is 1.28. The van der Waals surface area contributed by atoms with Crippen LogP contribution in [0.3, 0.4) is 0 Å². The summed E-state index contributed by atoms with van der Waals surface area (Å²) < 4.78 is 8.05. The van der Waals surface area contributed by atoms with Crippen LogP contribution in [0, 0.1) is 11.8 Å². The Bertz CT molecular complexity index is 281. The molecular formula is C11H18N2OS. The third kappa shape index (κ3) is 2.55. The van der Waals surface area contributed by atoms with Crippen LogP contribution in [0.1, 0.15) is 50.8 Å². The Morgan fingerprint density at radius 1 is 1.47 bits per heavy atom. The third-order valence-corrected chi connectivity index (χ3v) is 4.09. The lowest BCUT2D eigenvalue weighted by molar-refractivity contribution is 0.0702. The number of rotatable bonds is 3. The second-order valence-electron chi connectivity index (χ2n) is 4.47. The Morgan fingerprint density at radius 3 is 2.73 bits per heavy atom. The highest BCUT2D eigenvalue weighted by Gasteiger charge is 2.27. The molecule has 0 bridgehead atoms. The van der Waals surface area contributed by atoms with Crippen molar-refractivity contribution in [3.8, 4) is 0 Å². The molecule has 0 aliphatic heterocycles.